The fourth-order valence-electron chi connectivity index (χ4n) is 7.46. The van der Waals surface area contributed by atoms with Crippen LogP contribution in [0.25, 0.3) is 0 Å². The SMILES string of the molecule is CC(=O)[C@H]1CCC2C3CCC4=CC(=O)CC[C@@H](C)C4C3[C@@H](O)C[C@@]21C. The first-order valence-corrected chi connectivity index (χ1v) is 10.2. The van der Waals surface area contributed by atoms with Gasteiger partial charge in [0.15, 0.2) is 5.78 Å². The lowest BCUT2D eigenvalue weighted by atomic mass is 9.49. The molecule has 0 saturated heterocycles. The standard InChI is InChI=1S/C22H32O3/c1-12-4-6-15(24)10-14-5-7-16-18-9-8-17(13(2)23)22(18,3)11-19(25)21(16)20(12)14/h10,12,16-21,25H,4-9,11H2,1-3H3/t12-,16?,17-,18?,19+,20?,21?,22-/m1/s1. The number of aliphatic hydroxyl groups is 1. The van der Waals surface area contributed by atoms with Gasteiger partial charge < -0.3 is 5.11 Å². The molecule has 0 bridgehead atoms. The van der Waals surface area contributed by atoms with E-state index >= 15 is 0 Å². The van der Waals surface area contributed by atoms with Crippen LogP contribution in [0.1, 0.15) is 65.7 Å². The molecule has 4 unspecified atom stereocenters. The van der Waals surface area contributed by atoms with E-state index in [0.29, 0.717) is 35.9 Å². The van der Waals surface area contributed by atoms with Gasteiger partial charge in [0.2, 0.25) is 0 Å². The molecule has 4 aliphatic carbocycles. The van der Waals surface area contributed by atoms with Crippen LogP contribution >= 0.6 is 0 Å². The van der Waals surface area contributed by atoms with E-state index in [2.05, 4.69) is 13.8 Å². The van der Waals surface area contributed by atoms with E-state index in [1.807, 2.05) is 6.08 Å². The molecule has 138 valence electrons. The summed E-state index contributed by atoms with van der Waals surface area (Å²) in [5, 5.41) is 11.2. The number of carbonyl (C=O) groups excluding carboxylic acids is 2. The Morgan fingerprint density at radius 3 is 2.68 bits per heavy atom. The summed E-state index contributed by atoms with van der Waals surface area (Å²) in [6.45, 7) is 6.27. The van der Waals surface area contributed by atoms with Crippen molar-refractivity contribution in [2.75, 3.05) is 0 Å². The summed E-state index contributed by atoms with van der Waals surface area (Å²) in [5.41, 5.74) is 1.28. The van der Waals surface area contributed by atoms with E-state index in [1.165, 1.54) is 5.57 Å². The summed E-state index contributed by atoms with van der Waals surface area (Å²) in [6, 6.07) is 0. The average molecular weight is 344 g/mol. The summed E-state index contributed by atoms with van der Waals surface area (Å²) in [4.78, 5) is 24.3. The van der Waals surface area contributed by atoms with E-state index in [4.69, 9.17) is 0 Å². The number of ketones is 2. The van der Waals surface area contributed by atoms with Crippen molar-refractivity contribution in [3.63, 3.8) is 0 Å². The zero-order valence-electron chi connectivity index (χ0n) is 15.8. The van der Waals surface area contributed by atoms with Gasteiger partial charge in [-0.1, -0.05) is 19.4 Å². The molecule has 4 aliphatic rings. The van der Waals surface area contributed by atoms with Gasteiger partial charge in [-0.3, -0.25) is 9.59 Å². The predicted molar refractivity (Wildman–Crippen MR) is 96.8 cm³/mol. The molecule has 8 atom stereocenters. The van der Waals surface area contributed by atoms with E-state index in [1.54, 1.807) is 6.92 Å². The second-order valence-electron chi connectivity index (χ2n) is 9.63. The Hall–Kier alpha value is -0.960. The van der Waals surface area contributed by atoms with E-state index in [-0.39, 0.29) is 29.1 Å². The van der Waals surface area contributed by atoms with E-state index < -0.39 is 0 Å². The van der Waals surface area contributed by atoms with Crippen molar-refractivity contribution >= 4 is 11.6 Å². The predicted octanol–water partition coefficient (Wildman–Crippen LogP) is 3.94. The number of allylic oxidation sites excluding steroid dienone is 2. The van der Waals surface area contributed by atoms with Gasteiger partial charge in [-0.2, -0.15) is 0 Å². The van der Waals surface area contributed by atoms with Crippen LogP contribution in [0, 0.1) is 40.9 Å². The molecule has 0 aromatic rings. The fourth-order valence-corrected chi connectivity index (χ4v) is 7.46. The summed E-state index contributed by atoms with van der Waals surface area (Å²) >= 11 is 0. The number of carbonyl (C=O) groups is 2. The van der Waals surface area contributed by atoms with Crippen molar-refractivity contribution in [1.29, 1.82) is 0 Å². The lowest BCUT2D eigenvalue weighted by molar-refractivity contribution is -0.135. The highest BCUT2D eigenvalue weighted by atomic mass is 16.3. The zero-order valence-corrected chi connectivity index (χ0v) is 15.8. The summed E-state index contributed by atoms with van der Waals surface area (Å²) in [6.07, 6.45) is 8.14. The van der Waals surface area contributed by atoms with Gasteiger partial charge in [-0.25, -0.2) is 0 Å². The smallest absolute Gasteiger partial charge is 0.155 e. The molecular weight excluding hydrogens is 312 g/mol. The third-order valence-corrected chi connectivity index (χ3v) is 8.42. The highest BCUT2D eigenvalue weighted by Gasteiger charge is 2.60. The highest BCUT2D eigenvalue weighted by molar-refractivity contribution is 5.90. The van der Waals surface area contributed by atoms with Gasteiger partial charge in [-0.05, 0) is 86.5 Å². The molecule has 25 heavy (non-hydrogen) atoms. The van der Waals surface area contributed by atoms with Crippen molar-refractivity contribution in [3.05, 3.63) is 11.6 Å². The molecule has 0 aliphatic heterocycles. The number of rotatable bonds is 1. The molecule has 1 N–H and O–H groups in total. The summed E-state index contributed by atoms with van der Waals surface area (Å²) in [7, 11) is 0. The van der Waals surface area contributed by atoms with Gasteiger partial charge in [0, 0.05) is 12.3 Å². The van der Waals surface area contributed by atoms with Crippen LogP contribution in [0.15, 0.2) is 11.6 Å². The Morgan fingerprint density at radius 2 is 1.96 bits per heavy atom. The molecule has 3 heteroatoms. The van der Waals surface area contributed by atoms with Gasteiger partial charge in [0.25, 0.3) is 0 Å². The lowest BCUT2D eigenvalue weighted by Gasteiger charge is -2.56. The third kappa shape index (κ3) is 2.57. The van der Waals surface area contributed by atoms with Crippen molar-refractivity contribution in [3.8, 4) is 0 Å². The third-order valence-electron chi connectivity index (χ3n) is 8.42. The molecule has 0 amide bonds. The molecule has 0 aromatic carbocycles. The maximum atomic E-state index is 12.2. The molecule has 0 spiro atoms. The van der Waals surface area contributed by atoms with Crippen molar-refractivity contribution in [1.82, 2.24) is 0 Å². The van der Waals surface area contributed by atoms with Crippen LogP contribution < -0.4 is 0 Å². The second-order valence-corrected chi connectivity index (χ2v) is 9.63. The lowest BCUT2D eigenvalue weighted by Crippen LogP contribution is -2.54. The Morgan fingerprint density at radius 1 is 1.20 bits per heavy atom. The number of hydrogen-bond donors (Lipinski definition) is 1. The van der Waals surface area contributed by atoms with Crippen molar-refractivity contribution in [2.24, 2.45) is 40.9 Å². The number of fused-ring (bicyclic) bond motifs is 5. The highest BCUT2D eigenvalue weighted by Crippen LogP contribution is 2.64. The van der Waals surface area contributed by atoms with Crippen LogP contribution in [-0.2, 0) is 9.59 Å². The fraction of sp³-hybridized carbons (Fsp3) is 0.818. The Kier molecular flexibility index (Phi) is 4.22. The van der Waals surface area contributed by atoms with Crippen LogP contribution in [-0.4, -0.2) is 22.8 Å². The Labute approximate surface area is 151 Å². The number of aliphatic hydroxyl groups excluding tert-OH is 1. The van der Waals surface area contributed by atoms with Gasteiger partial charge in [-0.15, -0.1) is 0 Å². The topological polar surface area (TPSA) is 54.4 Å². The average Bonchev–Trinajstić information content (AvgIpc) is 2.81. The normalized spacial score (nSPS) is 49.5. The first kappa shape index (κ1) is 17.5. The molecular formula is C22H32O3. The molecule has 0 heterocycles. The van der Waals surface area contributed by atoms with E-state index in [0.717, 1.165) is 38.5 Å². The molecule has 3 nitrogen and oxygen atoms in total. The molecule has 4 rings (SSSR count). The van der Waals surface area contributed by atoms with E-state index in [9.17, 15) is 14.7 Å². The molecule has 3 saturated carbocycles. The van der Waals surface area contributed by atoms with Gasteiger partial charge >= 0.3 is 0 Å². The minimum absolute atomic E-state index is 0.0303. The maximum absolute atomic E-state index is 12.2. The molecule has 3 fully saturated rings. The molecule has 0 radical (unpaired) electrons. The maximum Gasteiger partial charge on any atom is 0.155 e. The Balaban J connectivity index is 1.70. The largest absolute Gasteiger partial charge is 0.393 e. The van der Waals surface area contributed by atoms with Gasteiger partial charge in [0.1, 0.15) is 5.78 Å². The monoisotopic (exact) mass is 344 g/mol. The quantitative estimate of drug-likeness (QED) is 0.784. The van der Waals surface area contributed by atoms with Gasteiger partial charge in [0.05, 0.1) is 6.10 Å². The summed E-state index contributed by atoms with van der Waals surface area (Å²) < 4.78 is 0. The minimum Gasteiger partial charge on any atom is -0.393 e. The zero-order chi connectivity index (χ0) is 17.9. The van der Waals surface area contributed by atoms with Crippen molar-refractivity contribution in [2.45, 2.75) is 71.8 Å². The number of hydrogen-bond acceptors (Lipinski definition) is 3. The summed E-state index contributed by atoms with van der Waals surface area (Å²) in [5.74, 6) is 2.88. The Bertz CT molecular complexity index is 621. The van der Waals surface area contributed by atoms with Crippen LogP contribution in [0.5, 0.6) is 0 Å². The minimum atomic E-state index is -0.337. The molecule has 0 aromatic heterocycles. The number of Topliss-reactive ketones (excluding diaryl/α,β-unsaturated/α-hetero) is 1. The first-order chi connectivity index (χ1) is 11.8. The second kappa shape index (κ2) is 6.04. The first-order valence-electron chi connectivity index (χ1n) is 10.2. The van der Waals surface area contributed by atoms with Crippen molar-refractivity contribution < 1.29 is 14.7 Å². The van der Waals surface area contributed by atoms with Crippen LogP contribution in [0.4, 0.5) is 0 Å². The van der Waals surface area contributed by atoms with Crippen LogP contribution in [0.3, 0.4) is 0 Å². The van der Waals surface area contributed by atoms with Crippen LogP contribution in [0.2, 0.25) is 0 Å².